The molecule has 0 aromatic carbocycles. The van der Waals surface area contributed by atoms with Crippen molar-refractivity contribution >= 4 is 22.6 Å². The monoisotopic (exact) mass is 212 g/mol. The molecule has 2 rings (SSSR count). The minimum absolute atomic E-state index is 0.409. The number of hydrogen-bond acceptors (Lipinski definition) is 5. The van der Waals surface area contributed by atoms with Gasteiger partial charge in [0.25, 0.3) is 0 Å². The van der Waals surface area contributed by atoms with Crippen LogP contribution in [0.4, 0.5) is 11.1 Å². The minimum atomic E-state index is 0.409. The van der Waals surface area contributed by atoms with Gasteiger partial charge in [-0.15, -0.1) is 0 Å². The molecule has 5 heteroatoms. The van der Waals surface area contributed by atoms with Crippen molar-refractivity contribution in [2.45, 2.75) is 38.6 Å². The summed E-state index contributed by atoms with van der Waals surface area (Å²) in [6.07, 6.45) is 5.03. The maximum Gasteiger partial charge on any atom is 0.233 e. The second-order valence-corrected chi connectivity index (χ2v) is 4.44. The number of anilines is 2. The average Bonchev–Trinajstić information content (AvgIpc) is 2.91. The molecule has 0 atom stereocenters. The number of nitrogen functional groups attached to an aromatic ring is 1. The Labute approximate surface area is 88.3 Å². The fraction of sp³-hybridized carbons (Fsp3) is 0.778. The number of aromatic nitrogens is 2. The summed E-state index contributed by atoms with van der Waals surface area (Å²) in [5.41, 5.74) is 5.53. The highest BCUT2D eigenvalue weighted by atomic mass is 32.1. The largest absolute Gasteiger partial charge is 0.367 e. The van der Waals surface area contributed by atoms with Crippen LogP contribution in [-0.2, 0) is 0 Å². The van der Waals surface area contributed by atoms with E-state index >= 15 is 0 Å². The molecule has 14 heavy (non-hydrogen) atoms. The van der Waals surface area contributed by atoms with Gasteiger partial charge in [-0.2, -0.15) is 9.36 Å². The molecule has 1 aliphatic carbocycles. The maximum absolute atomic E-state index is 5.53. The molecule has 1 aromatic rings. The van der Waals surface area contributed by atoms with Crippen molar-refractivity contribution in [3.8, 4) is 0 Å². The highest BCUT2D eigenvalue weighted by Crippen LogP contribution is 2.32. The summed E-state index contributed by atoms with van der Waals surface area (Å²) < 4.78 is 4.02. The molecule has 0 radical (unpaired) electrons. The van der Waals surface area contributed by atoms with Gasteiger partial charge in [0, 0.05) is 24.1 Å². The van der Waals surface area contributed by atoms with Crippen LogP contribution in [0.5, 0.6) is 0 Å². The van der Waals surface area contributed by atoms with Crippen LogP contribution in [0.25, 0.3) is 0 Å². The second-order valence-electron chi connectivity index (χ2n) is 3.71. The lowest BCUT2D eigenvalue weighted by molar-refractivity contribution is 0.711. The first-order valence-electron chi connectivity index (χ1n) is 5.17. The summed E-state index contributed by atoms with van der Waals surface area (Å²) in [7, 11) is 0. The van der Waals surface area contributed by atoms with Crippen LogP contribution < -0.4 is 10.6 Å². The van der Waals surface area contributed by atoms with E-state index in [1.54, 1.807) is 0 Å². The SMILES string of the molecule is CCCCN(c1nc(N)ns1)C1CC1. The van der Waals surface area contributed by atoms with Crippen molar-refractivity contribution in [1.82, 2.24) is 9.36 Å². The quantitative estimate of drug-likeness (QED) is 0.809. The molecule has 1 aliphatic rings. The molecule has 78 valence electrons. The van der Waals surface area contributed by atoms with E-state index in [1.165, 1.54) is 37.2 Å². The molecular weight excluding hydrogens is 196 g/mol. The molecule has 4 nitrogen and oxygen atoms in total. The molecule has 0 saturated heterocycles. The van der Waals surface area contributed by atoms with Gasteiger partial charge in [-0.05, 0) is 19.3 Å². The van der Waals surface area contributed by atoms with Crippen LogP contribution in [0, 0.1) is 0 Å². The van der Waals surface area contributed by atoms with E-state index in [0.717, 1.165) is 11.7 Å². The second kappa shape index (κ2) is 4.13. The molecule has 2 N–H and O–H groups in total. The lowest BCUT2D eigenvalue weighted by atomic mass is 10.3. The molecule has 1 aromatic heterocycles. The smallest absolute Gasteiger partial charge is 0.233 e. The number of unbranched alkanes of at least 4 members (excludes halogenated alkanes) is 1. The zero-order valence-corrected chi connectivity index (χ0v) is 9.26. The van der Waals surface area contributed by atoms with Crippen molar-refractivity contribution in [2.24, 2.45) is 0 Å². The van der Waals surface area contributed by atoms with Crippen molar-refractivity contribution in [3.05, 3.63) is 0 Å². The third-order valence-electron chi connectivity index (χ3n) is 2.42. The third-order valence-corrected chi connectivity index (χ3v) is 3.18. The van der Waals surface area contributed by atoms with E-state index in [0.29, 0.717) is 12.0 Å². The van der Waals surface area contributed by atoms with Crippen molar-refractivity contribution in [3.63, 3.8) is 0 Å². The Hall–Kier alpha value is -0.840. The Morgan fingerprint density at radius 2 is 2.36 bits per heavy atom. The van der Waals surface area contributed by atoms with Gasteiger partial charge in [0.15, 0.2) is 0 Å². The predicted octanol–water partition coefficient (Wildman–Crippen LogP) is 1.89. The minimum Gasteiger partial charge on any atom is -0.367 e. The van der Waals surface area contributed by atoms with Gasteiger partial charge in [0.2, 0.25) is 11.1 Å². The van der Waals surface area contributed by atoms with E-state index < -0.39 is 0 Å². The van der Waals surface area contributed by atoms with E-state index in [-0.39, 0.29) is 0 Å². The topological polar surface area (TPSA) is 55.0 Å². The zero-order valence-electron chi connectivity index (χ0n) is 8.44. The van der Waals surface area contributed by atoms with E-state index in [2.05, 4.69) is 21.2 Å². The highest BCUT2D eigenvalue weighted by Gasteiger charge is 2.30. The normalized spacial score (nSPS) is 15.8. The summed E-state index contributed by atoms with van der Waals surface area (Å²) in [6, 6.07) is 0.703. The molecule has 0 spiro atoms. The Kier molecular flexibility index (Phi) is 2.86. The lowest BCUT2D eigenvalue weighted by Gasteiger charge is -2.20. The lowest BCUT2D eigenvalue weighted by Crippen LogP contribution is -2.26. The van der Waals surface area contributed by atoms with Crippen LogP contribution in [0.2, 0.25) is 0 Å². The average molecular weight is 212 g/mol. The van der Waals surface area contributed by atoms with Gasteiger partial charge in [0.1, 0.15) is 0 Å². The summed E-state index contributed by atoms with van der Waals surface area (Å²) in [5, 5.41) is 0.999. The summed E-state index contributed by atoms with van der Waals surface area (Å²) in [4.78, 5) is 6.59. The number of nitrogens with two attached hydrogens (primary N) is 1. The Balaban J connectivity index is 2.02. The molecule has 1 heterocycles. The van der Waals surface area contributed by atoms with Gasteiger partial charge < -0.3 is 10.6 Å². The Morgan fingerprint density at radius 3 is 2.86 bits per heavy atom. The van der Waals surface area contributed by atoms with Gasteiger partial charge in [0.05, 0.1) is 0 Å². The van der Waals surface area contributed by atoms with Crippen LogP contribution in [-0.4, -0.2) is 21.9 Å². The number of rotatable bonds is 5. The first-order valence-corrected chi connectivity index (χ1v) is 5.94. The Morgan fingerprint density at radius 1 is 1.57 bits per heavy atom. The summed E-state index contributed by atoms with van der Waals surface area (Å²) in [6.45, 7) is 3.30. The maximum atomic E-state index is 5.53. The third kappa shape index (κ3) is 2.15. The standard InChI is InChI=1S/C9H16N4S/c1-2-3-6-13(7-4-5-7)9-11-8(10)12-14-9/h7H,2-6H2,1H3,(H2,10,12). The zero-order chi connectivity index (χ0) is 9.97. The fourth-order valence-corrected chi connectivity index (χ4v) is 2.19. The molecule has 0 aliphatic heterocycles. The van der Waals surface area contributed by atoms with Gasteiger partial charge in [-0.25, -0.2) is 0 Å². The van der Waals surface area contributed by atoms with Crippen molar-refractivity contribution in [1.29, 1.82) is 0 Å². The van der Waals surface area contributed by atoms with Gasteiger partial charge in [-0.3, -0.25) is 0 Å². The highest BCUT2D eigenvalue weighted by molar-refractivity contribution is 7.09. The summed E-state index contributed by atoms with van der Waals surface area (Å²) >= 11 is 1.42. The first-order chi connectivity index (χ1) is 6.81. The predicted molar refractivity (Wildman–Crippen MR) is 59.6 cm³/mol. The molecule has 0 unspecified atom stereocenters. The van der Waals surface area contributed by atoms with Crippen LogP contribution in [0.3, 0.4) is 0 Å². The van der Waals surface area contributed by atoms with Crippen molar-refractivity contribution < 1.29 is 0 Å². The molecule has 1 saturated carbocycles. The molecule has 0 amide bonds. The van der Waals surface area contributed by atoms with Crippen molar-refractivity contribution in [2.75, 3.05) is 17.2 Å². The molecule has 0 bridgehead atoms. The first kappa shape index (κ1) is 9.71. The Bertz CT molecular complexity index is 295. The van der Waals surface area contributed by atoms with E-state index in [1.807, 2.05) is 0 Å². The van der Waals surface area contributed by atoms with E-state index in [4.69, 9.17) is 5.73 Å². The van der Waals surface area contributed by atoms with Crippen LogP contribution in [0.1, 0.15) is 32.6 Å². The van der Waals surface area contributed by atoms with Gasteiger partial charge >= 0.3 is 0 Å². The van der Waals surface area contributed by atoms with Gasteiger partial charge in [-0.1, -0.05) is 13.3 Å². The molecular formula is C9H16N4S. The van der Waals surface area contributed by atoms with Crippen LogP contribution >= 0.6 is 11.5 Å². The van der Waals surface area contributed by atoms with E-state index in [9.17, 15) is 0 Å². The number of nitrogens with zero attached hydrogens (tertiary/aromatic N) is 3. The fourth-order valence-electron chi connectivity index (χ4n) is 1.49. The number of hydrogen-bond donors (Lipinski definition) is 1. The summed E-state index contributed by atoms with van der Waals surface area (Å²) in [5.74, 6) is 0.409. The molecule has 1 fully saturated rings. The van der Waals surface area contributed by atoms with Crippen LogP contribution in [0.15, 0.2) is 0 Å².